The smallest absolute Gasteiger partial charge is 0.228 e. The predicted molar refractivity (Wildman–Crippen MR) is 68.9 cm³/mol. The number of nitrogens with zero attached hydrogens (tertiary/aromatic N) is 1. The van der Waals surface area contributed by atoms with Crippen LogP contribution in [-0.4, -0.2) is 15.3 Å². The van der Waals surface area contributed by atoms with Gasteiger partial charge in [0.15, 0.2) is 0 Å². The van der Waals surface area contributed by atoms with Crippen molar-refractivity contribution in [2.45, 2.75) is 0 Å². The zero-order chi connectivity index (χ0) is 13.0. The Morgan fingerprint density at radius 1 is 1.11 bits per heavy atom. The summed E-state index contributed by atoms with van der Waals surface area (Å²) < 4.78 is 14.9. The van der Waals surface area contributed by atoms with Gasteiger partial charge in [-0.1, -0.05) is 12.1 Å². The molecule has 0 saturated carbocycles. The number of benzene rings is 1. The molecule has 0 aliphatic carbocycles. The number of nitrogens with one attached hydrogen (secondary N) is 1. The number of fused-ring (bicyclic) bond motifs is 3. The minimum atomic E-state index is -0.270. The third-order valence-corrected chi connectivity index (χ3v) is 3.46. The highest BCUT2D eigenvalue weighted by Gasteiger charge is 2.30. The molecule has 92 valence electrons. The maximum atomic E-state index is 13.0. The van der Waals surface area contributed by atoms with E-state index in [1.807, 2.05) is 16.8 Å². The summed E-state index contributed by atoms with van der Waals surface area (Å²) in [5.74, 6) is -0.276. The number of ketones is 1. The molecule has 2 aromatic heterocycles. The van der Waals surface area contributed by atoms with Crippen molar-refractivity contribution in [2.24, 2.45) is 0 Å². The van der Waals surface area contributed by atoms with Crippen molar-refractivity contribution in [1.82, 2.24) is 9.55 Å². The summed E-state index contributed by atoms with van der Waals surface area (Å²) in [6, 6.07) is 9.90. The lowest BCUT2D eigenvalue weighted by Gasteiger charge is -2.04. The Hall–Kier alpha value is -2.62. The number of H-pyrrole nitrogens is 1. The van der Waals surface area contributed by atoms with Gasteiger partial charge in [0, 0.05) is 18.0 Å². The van der Waals surface area contributed by atoms with Gasteiger partial charge < -0.3 is 9.55 Å². The minimum absolute atomic E-state index is 0.00615. The van der Waals surface area contributed by atoms with Gasteiger partial charge in [0.05, 0.1) is 11.4 Å². The Bertz CT molecular complexity index is 796. The van der Waals surface area contributed by atoms with Crippen molar-refractivity contribution >= 4 is 5.78 Å². The Kier molecular flexibility index (Phi) is 1.87. The zero-order valence-electron chi connectivity index (χ0n) is 9.85. The molecule has 1 aromatic carbocycles. The van der Waals surface area contributed by atoms with E-state index < -0.39 is 0 Å². The first-order chi connectivity index (χ1) is 9.25. The van der Waals surface area contributed by atoms with Crippen LogP contribution in [0.1, 0.15) is 16.2 Å². The quantitative estimate of drug-likeness (QED) is 0.555. The van der Waals surface area contributed by atoms with E-state index in [0.29, 0.717) is 11.4 Å². The van der Waals surface area contributed by atoms with Crippen molar-refractivity contribution in [1.29, 1.82) is 0 Å². The van der Waals surface area contributed by atoms with Crippen LogP contribution in [-0.2, 0) is 0 Å². The van der Waals surface area contributed by atoms with Gasteiger partial charge >= 0.3 is 0 Å². The number of hydrogen-bond acceptors (Lipinski definition) is 1. The standard InChI is InChI=1S/C15H9FN2O/c16-10-5-3-9(4-6-10)11-8-17-13-14(11)18-7-1-2-12(18)15(13)19/h1-8,17H. The van der Waals surface area contributed by atoms with Crippen molar-refractivity contribution in [3.63, 3.8) is 0 Å². The number of carbonyl (C=O) groups excluding carboxylic acids is 1. The third-order valence-electron chi connectivity index (χ3n) is 3.46. The maximum Gasteiger partial charge on any atom is 0.228 e. The van der Waals surface area contributed by atoms with Gasteiger partial charge in [-0.05, 0) is 29.8 Å². The SMILES string of the molecule is O=C1c2[nH]cc(-c3ccc(F)cc3)c2-n2cccc21. The van der Waals surface area contributed by atoms with Crippen molar-refractivity contribution in [3.8, 4) is 16.8 Å². The molecule has 3 heterocycles. The summed E-state index contributed by atoms with van der Waals surface area (Å²) >= 11 is 0. The fraction of sp³-hybridized carbons (Fsp3) is 0. The summed E-state index contributed by atoms with van der Waals surface area (Å²) in [6.07, 6.45) is 3.65. The molecule has 0 atom stereocenters. The highest BCUT2D eigenvalue weighted by atomic mass is 19.1. The van der Waals surface area contributed by atoms with Gasteiger partial charge in [-0.3, -0.25) is 4.79 Å². The Balaban J connectivity index is 1.97. The van der Waals surface area contributed by atoms with Crippen LogP contribution in [0.5, 0.6) is 0 Å². The van der Waals surface area contributed by atoms with E-state index in [1.165, 1.54) is 12.1 Å². The Morgan fingerprint density at radius 2 is 1.89 bits per heavy atom. The normalized spacial score (nSPS) is 12.6. The molecule has 0 unspecified atom stereocenters. The number of hydrogen-bond donors (Lipinski definition) is 1. The minimum Gasteiger partial charge on any atom is -0.356 e. The van der Waals surface area contributed by atoms with Crippen LogP contribution in [0.4, 0.5) is 4.39 Å². The second-order valence-corrected chi connectivity index (χ2v) is 4.53. The van der Waals surface area contributed by atoms with E-state index in [2.05, 4.69) is 4.98 Å². The van der Waals surface area contributed by atoms with E-state index in [1.54, 1.807) is 24.4 Å². The Morgan fingerprint density at radius 3 is 2.68 bits per heavy atom. The van der Waals surface area contributed by atoms with E-state index in [9.17, 15) is 9.18 Å². The maximum absolute atomic E-state index is 13.0. The third kappa shape index (κ3) is 1.28. The van der Waals surface area contributed by atoms with Gasteiger partial charge in [0.25, 0.3) is 0 Å². The average molecular weight is 252 g/mol. The molecule has 0 spiro atoms. The van der Waals surface area contributed by atoms with Crippen molar-refractivity contribution < 1.29 is 9.18 Å². The number of carbonyl (C=O) groups is 1. The summed E-state index contributed by atoms with van der Waals surface area (Å²) in [6.45, 7) is 0. The van der Waals surface area contributed by atoms with Gasteiger partial charge in [0.2, 0.25) is 5.78 Å². The molecule has 19 heavy (non-hydrogen) atoms. The van der Waals surface area contributed by atoms with Crippen LogP contribution in [0.15, 0.2) is 48.8 Å². The van der Waals surface area contributed by atoms with Crippen LogP contribution in [0.25, 0.3) is 16.8 Å². The molecular formula is C15H9FN2O. The van der Waals surface area contributed by atoms with E-state index in [4.69, 9.17) is 0 Å². The summed E-state index contributed by atoms with van der Waals surface area (Å²) in [5.41, 5.74) is 3.88. The first kappa shape index (κ1) is 10.3. The molecule has 0 bridgehead atoms. The second-order valence-electron chi connectivity index (χ2n) is 4.53. The molecule has 1 N–H and O–H groups in total. The molecule has 0 radical (unpaired) electrons. The van der Waals surface area contributed by atoms with Crippen LogP contribution in [0.3, 0.4) is 0 Å². The molecule has 4 heteroatoms. The molecule has 1 aliphatic rings. The number of rotatable bonds is 1. The lowest BCUT2D eigenvalue weighted by molar-refractivity contribution is 0.103. The molecule has 0 saturated heterocycles. The fourth-order valence-electron chi connectivity index (χ4n) is 2.58. The molecule has 3 aromatic rings. The second kappa shape index (κ2) is 3.45. The highest BCUT2D eigenvalue weighted by Crippen LogP contribution is 2.36. The largest absolute Gasteiger partial charge is 0.356 e. The molecule has 3 nitrogen and oxygen atoms in total. The van der Waals surface area contributed by atoms with Gasteiger partial charge in [-0.15, -0.1) is 0 Å². The van der Waals surface area contributed by atoms with Crippen molar-refractivity contribution in [3.05, 3.63) is 66.0 Å². The van der Waals surface area contributed by atoms with Crippen LogP contribution in [0.2, 0.25) is 0 Å². The van der Waals surface area contributed by atoms with E-state index in [-0.39, 0.29) is 11.6 Å². The average Bonchev–Trinajstić information content (AvgIpc) is 3.08. The Labute approximate surface area is 108 Å². The van der Waals surface area contributed by atoms with Crippen LogP contribution < -0.4 is 0 Å². The monoisotopic (exact) mass is 252 g/mol. The lowest BCUT2D eigenvalue weighted by Crippen LogP contribution is -1.96. The zero-order valence-corrected chi connectivity index (χ0v) is 9.85. The number of aromatic amines is 1. The predicted octanol–water partition coefficient (Wildman–Crippen LogP) is 3.16. The van der Waals surface area contributed by atoms with Crippen molar-refractivity contribution in [2.75, 3.05) is 0 Å². The van der Waals surface area contributed by atoms with Gasteiger partial charge in [-0.25, -0.2) is 4.39 Å². The topological polar surface area (TPSA) is 37.8 Å². The molecule has 0 fully saturated rings. The number of aromatic nitrogens is 2. The molecule has 4 rings (SSSR count). The summed E-state index contributed by atoms with van der Waals surface area (Å²) in [5, 5.41) is 0. The molecular weight excluding hydrogens is 243 g/mol. The first-order valence-electron chi connectivity index (χ1n) is 5.95. The molecule has 1 aliphatic heterocycles. The fourth-order valence-corrected chi connectivity index (χ4v) is 2.58. The van der Waals surface area contributed by atoms with E-state index >= 15 is 0 Å². The lowest BCUT2D eigenvalue weighted by atomic mass is 10.1. The highest BCUT2D eigenvalue weighted by molar-refractivity contribution is 6.14. The molecule has 0 amide bonds. The van der Waals surface area contributed by atoms with Gasteiger partial charge in [-0.2, -0.15) is 0 Å². The van der Waals surface area contributed by atoms with Gasteiger partial charge in [0.1, 0.15) is 11.5 Å². The first-order valence-corrected chi connectivity index (χ1v) is 5.95. The summed E-state index contributed by atoms with van der Waals surface area (Å²) in [4.78, 5) is 15.2. The number of halogens is 1. The summed E-state index contributed by atoms with van der Waals surface area (Å²) in [7, 11) is 0. The van der Waals surface area contributed by atoms with E-state index in [0.717, 1.165) is 16.8 Å². The van der Waals surface area contributed by atoms with Crippen LogP contribution >= 0.6 is 0 Å². The van der Waals surface area contributed by atoms with Crippen LogP contribution in [0, 0.1) is 5.82 Å².